The lowest BCUT2D eigenvalue weighted by atomic mass is 10.1. The fourth-order valence-electron chi connectivity index (χ4n) is 0.899. The molecule has 5 heteroatoms. The molecule has 0 unspecified atom stereocenters. The van der Waals surface area contributed by atoms with Crippen LogP contribution in [0.25, 0.3) is 0 Å². The van der Waals surface area contributed by atoms with Gasteiger partial charge in [0.2, 0.25) is 0 Å². The van der Waals surface area contributed by atoms with Crippen molar-refractivity contribution in [3.8, 4) is 0 Å². The lowest BCUT2D eigenvalue weighted by molar-refractivity contribution is -0.115. The highest BCUT2D eigenvalue weighted by Crippen LogP contribution is 1.97. The number of ketones is 1. The van der Waals surface area contributed by atoms with E-state index in [9.17, 15) is 9.59 Å². The molecule has 0 amide bonds. The van der Waals surface area contributed by atoms with Crippen molar-refractivity contribution in [1.82, 2.24) is 9.97 Å². The van der Waals surface area contributed by atoms with Gasteiger partial charge in [-0.15, -0.1) is 0 Å². The molecule has 0 radical (unpaired) electrons. The van der Waals surface area contributed by atoms with Gasteiger partial charge in [-0.3, -0.25) is 4.79 Å². The Labute approximate surface area is 74.7 Å². The van der Waals surface area contributed by atoms with Crippen LogP contribution in [0.1, 0.15) is 5.69 Å². The molecule has 1 atom stereocenters. The van der Waals surface area contributed by atoms with Gasteiger partial charge >= 0.3 is 0 Å². The van der Waals surface area contributed by atoms with Crippen molar-refractivity contribution in [3.05, 3.63) is 24.3 Å². The number of hydrogen-bond acceptors (Lipinski definition) is 4. The summed E-state index contributed by atoms with van der Waals surface area (Å²) in [7, 11) is 0. The smallest absolute Gasteiger partial charge is 0.183 e. The number of aromatic nitrogens is 2. The summed E-state index contributed by atoms with van der Waals surface area (Å²) in [5, 5.41) is 0. The van der Waals surface area contributed by atoms with Crippen LogP contribution >= 0.6 is 0 Å². The molecule has 5 nitrogen and oxygen atoms in total. The lowest BCUT2D eigenvalue weighted by Gasteiger charge is -2.03. The highest BCUT2D eigenvalue weighted by Gasteiger charge is 2.11. The zero-order valence-corrected chi connectivity index (χ0v) is 6.86. The van der Waals surface area contributed by atoms with E-state index in [0.29, 0.717) is 6.42 Å². The average Bonchev–Trinajstić information content (AvgIpc) is 2.57. The van der Waals surface area contributed by atoms with Crippen molar-refractivity contribution < 1.29 is 9.59 Å². The molecule has 3 N–H and O–H groups in total. The van der Waals surface area contributed by atoms with Gasteiger partial charge in [-0.25, -0.2) is 9.78 Å². The highest BCUT2D eigenvalue weighted by atomic mass is 16.1. The molecule has 0 bridgehead atoms. The molecular weight excluding hydrogens is 170 g/mol. The van der Waals surface area contributed by atoms with E-state index in [4.69, 9.17) is 5.73 Å². The summed E-state index contributed by atoms with van der Waals surface area (Å²) < 4.78 is 0. The average molecular weight is 179 g/mol. The maximum atomic E-state index is 11.0. The Morgan fingerprint density at radius 3 is 3.15 bits per heavy atom. The fraction of sp³-hybridized carbons (Fsp3) is 0.250. The first-order valence-electron chi connectivity index (χ1n) is 3.71. The van der Waals surface area contributed by atoms with Crippen LogP contribution < -0.4 is 5.73 Å². The molecule has 1 heterocycles. The molecule has 1 rings (SSSR count). The summed E-state index contributed by atoms with van der Waals surface area (Å²) in [6.07, 6.45) is 4.23. The Hall–Kier alpha value is -1.71. The SMILES string of the molecule is N[C@@H](Cc1cnc[nH]1)C(=O)C=C=O. The Morgan fingerprint density at radius 1 is 1.85 bits per heavy atom. The normalized spacial score (nSPS) is 11.8. The minimum Gasteiger partial charge on any atom is -0.348 e. The van der Waals surface area contributed by atoms with E-state index in [0.717, 1.165) is 11.8 Å². The van der Waals surface area contributed by atoms with E-state index in [2.05, 4.69) is 9.97 Å². The van der Waals surface area contributed by atoms with Crippen molar-refractivity contribution >= 4 is 11.7 Å². The molecule has 1 aromatic rings. The molecule has 0 spiro atoms. The first kappa shape index (κ1) is 9.38. The quantitative estimate of drug-likeness (QED) is 0.469. The van der Waals surface area contributed by atoms with E-state index < -0.39 is 11.8 Å². The number of nitrogens with two attached hydrogens (primary N) is 1. The molecule has 0 aliphatic rings. The Bertz CT molecular complexity index is 325. The predicted octanol–water partition coefficient (Wildman–Crippen LogP) is -0.764. The second-order valence-corrected chi connectivity index (χ2v) is 2.55. The monoisotopic (exact) mass is 179 g/mol. The number of hydrogen-bond donors (Lipinski definition) is 2. The van der Waals surface area contributed by atoms with Crippen molar-refractivity contribution in [2.45, 2.75) is 12.5 Å². The fourth-order valence-corrected chi connectivity index (χ4v) is 0.899. The number of nitrogens with one attached hydrogen (secondary N) is 1. The van der Waals surface area contributed by atoms with E-state index in [1.54, 1.807) is 6.20 Å². The van der Waals surface area contributed by atoms with E-state index in [-0.39, 0.29) is 0 Å². The van der Waals surface area contributed by atoms with Gasteiger partial charge in [0.05, 0.1) is 18.4 Å². The van der Waals surface area contributed by atoms with Crippen LogP contribution in [-0.4, -0.2) is 27.7 Å². The lowest BCUT2D eigenvalue weighted by Crippen LogP contribution is -2.31. The van der Waals surface area contributed by atoms with E-state index in [1.165, 1.54) is 12.3 Å². The molecule has 0 fully saturated rings. The topological polar surface area (TPSA) is 88.8 Å². The molecule has 0 aliphatic carbocycles. The van der Waals surface area contributed by atoms with Gasteiger partial charge in [0.1, 0.15) is 5.94 Å². The number of carbonyl (C=O) groups excluding carboxylic acids is 2. The number of imidazole rings is 1. The van der Waals surface area contributed by atoms with Crippen molar-refractivity contribution in [1.29, 1.82) is 0 Å². The predicted molar refractivity (Wildman–Crippen MR) is 45.5 cm³/mol. The van der Waals surface area contributed by atoms with Gasteiger partial charge in [-0.1, -0.05) is 0 Å². The summed E-state index contributed by atoms with van der Waals surface area (Å²) in [6.45, 7) is 0. The molecule has 0 aliphatic heterocycles. The number of aromatic amines is 1. The summed E-state index contributed by atoms with van der Waals surface area (Å²) in [5.41, 5.74) is 6.25. The molecule has 68 valence electrons. The van der Waals surface area contributed by atoms with Crippen LogP contribution in [0.2, 0.25) is 0 Å². The second-order valence-electron chi connectivity index (χ2n) is 2.55. The van der Waals surface area contributed by atoms with Crippen LogP contribution in [0.4, 0.5) is 0 Å². The molecule has 13 heavy (non-hydrogen) atoms. The standard InChI is InChI=1S/C8H9N3O2/c9-7(8(13)1-2-12)3-6-4-10-5-11-6/h1,4-5,7H,3,9H2,(H,10,11)/t7-/m0/s1. The van der Waals surface area contributed by atoms with Crippen molar-refractivity contribution in [3.63, 3.8) is 0 Å². The molecule has 0 saturated carbocycles. The largest absolute Gasteiger partial charge is 0.348 e. The zero-order chi connectivity index (χ0) is 9.68. The second kappa shape index (κ2) is 4.35. The summed E-state index contributed by atoms with van der Waals surface area (Å²) in [4.78, 5) is 27.4. The van der Waals surface area contributed by atoms with Crippen LogP contribution in [0, 0.1) is 0 Å². The van der Waals surface area contributed by atoms with Gasteiger partial charge < -0.3 is 10.7 Å². The Morgan fingerprint density at radius 2 is 2.62 bits per heavy atom. The molecular formula is C8H9N3O2. The van der Waals surface area contributed by atoms with Gasteiger partial charge in [0, 0.05) is 18.3 Å². The zero-order valence-electron chi connectivity index (χ0n) is 6.86. The van der Waals surface area contributed by atoms with Crippen molar-refractivity contribution in [2.24, 2.45) is 5.73 Å². The van der Waals surface area contributed by atoms with Crippen LogP contribution in [-0.2, 0) is 16.0 Å². The van der Waals surface area contributed by atoms with Gasteiger partial charge in [-0.05, 0) is 0 Å². The first-order valence-corrected chi connectivity index (χ1v) is 3.71. The summed E-state index contributed by atoms with van der Waals surface area (Å²) in [5.74, 6) is 0.971. The van der Waals surface area contributed by atoms with Gasteiger partial charge in [-0.2, -0.15) is 0 Å². The van der Waals surface area contributed by atoms with E-state index in [1.807, 2.05) is 0 Å². The maximum absolute atomic E-state index is 11.0. The van der Waals surface area contributed by atoms with Crippen LogP contribution in [0.5, 0.6) is 0 Å². The number of carbonyl (C=O) groups is 1. The number of rotatable bonds is 4. The van der Waals surface area contributed by atoms with Crippen molar-refractivity contribution in [2.75, 3.05) is 0 Å². The van der Waals surface area contributed by atoms with E-state index >= 15 is 0 Å². The summed E-state index contributed by atoms with van der Waals surface area (Å²) >= 11 is 0. The first-order chi connectivity index (χ1) is 6.24. The van der Waals surface area contributed by atoms with Crippen LogP contribution in [0.15, 0.2) is 18.6 Å². The summed E-state index contributed by atoms with van der Waals surface area (Å²) in [6, 6.07) is -0.707. The Balaban J connectivity index is 2.55. The number of H-pyrrole nitrogens is 1. The minimum absolute atomic E-state index is 0.344. The maximum Gasteiger partial charge on any atom is 0.183 e. The molecule has 0 saturated heterocycles. The Kier molecular flexibility index (Phi) is 3.14. The third-order valence-electron chi connectivity index (χ3n) is 1.56. The molecule has 1 aromatic heterocycles. The molecule has 0 aromatic carbocycles. The third kappa shape index (κ3) is 2.66. The van der Waals surface area contributed by atoms with Gasteiger partial charge in [0.15, 0.2) is 5.78 Å². The minimum atomic E-state index is -0.707. The number of nitrogens with zero attached hydrogens (tertiary/aromatic N) is 1. The third-order valence-corrected chi connectivity index (χ3v) is 1.56. The van der Waals surface area contributed by atoms with Crippen LogP contribution in [0.3, 0.4) is 0 Å². The highest BCUT2D eigenvalue weighted by molar-refractivity contribution is 5.99. The van der Waals surface area contributed by atoms with Gasteiger partial charge in [0.25, 0.3) is 0 Å².